The van der Waals surface area contributed by atoms with E-state index in [1.165, 1.54) is 5.56 Å². The summed E-state index contributed by atoms with van der Waals surface area (Å²) in [4.78, 5) is 8.39. The van der Waals surface area contributed by atoms with Crippen molar-refractivity contribution in [3.8, 4) is 23.0 Å². The first-order valence-electron chi connectivity index (χ1n) is 7.48. The average Bonchev–Trinajstić information content (AvgIpc) is 3.27. The molecule has 0 aliphatic rings. The maximum atomic E-state index is 5.27. The molecule has 3 heterocycles. The van der Waals surface area contributed by atoms with Gasteiger partial charge in [0.1, 0.15) is 0 Å². The number of pyridine rings is 1. The van der Waals surface area contributed by atoms with Crippen molar-refractivity contribution in [3.63, 3.8) is 0 Å². The molecule has 0 fully saturated rings. The van der Waals surface area contributed by atoms with Crippen molar-refractivity contribution < 1.29 is 4.52 Å². The zero-order chi connectivity index (χ0) is 16.4. The number of nitrogens with zero attached hydrogens (tertiary/aromatic N) is 6. The van der Waals surface area contributed by atoms with Crippen molar-refractivity contribution in [2.45, 2.75) is 13.5 Å². The van der Waals surface area contributed by atoms with Gasteiger partial charge in [0.25, 0.3) is 5.89 Å². The molecule has 1 aromatic carbocycles. The Balaban J connectivity index is 1.55. The van der Waals surface area contributed by atoms with Gasteiger partial charge >= 0.3 is 0 Å². The zero-order valence-electron chi connectivity index (χ0n) is 13.0. The topological polar surface area (TPSA) is 82.5 Å². The van der Waals surface area contributed by atoms with E-state index >= 15 is 0 Å². The summed E-state index contributed by atoms with van der Waals surface area (Å²) in [5.41, 5.74) is 3.72. The van der Waals surface area contributed by atoms with Crippen LogP contribution in [-0.2, 0) is 6.54 Å². The number of rotatable bonds is 4. The average molecular weight is 318 g/mol. The van der Waals surface area contributed by atoms with Gasteiger partial charge in [0.2, 0.25) is 5.82 Å². The van der Waals surface area contributed by atoms with Crippen molar-refractivity contribution in [1.82, 2.24) is 30.1 Å². The maximum Gasteiger partial charge on any atom is 0.259 e. The van der Waals surface area contributed by atoms with Crippen LogP contribution in [0, 0.1) is 6.92 Å². The molecule has 4 aromatic rings. The normalized spacial score (nSPS) is 10.9. The van der Waals surface area contributed by atoms with E-state index in [4.69, 9.17) is 4.52 Å². The number of aryl methyl sites for hydroxylation is 1. The third kappa shape index (κ3) is 2.91. The van der Waals surface area contributed by atoms with Crippen LogP contribution in [0.15, 0.2) is 59.5 Å². The Morgan fingerprint density at radius 2 is 2.00 bits per heavy atom. The highest BCUT2D eigenvalue weighted by atomic mass is 16.5. The van der Waals surface area contributed by atoms with Crippen molar-refractivity contribution in [2.75, 3.05) is 0 Å². The smallest absolute Gasteiger partial charge is 0.259 e. The molecule has 0 bridgehead atoms. The van der Waals surface area contributed by atoms with Crippen LogP contribution in [0.5, 0.6) is 0 Å². The minimum Gasteiger partial charge on any atom is -0.333 e. The standard InChI is InChI=1S/C17H14N6O/c1-12-4-6-13(7-5-12)10-23-11-15(20-22-23)16-19-17(24-21-16)14-3-2-8-18-9-14/h2-9,11H,10H2,1H3. The van der Waals surface area contributed by atoms with Crippen molar-refractivity contribution in [1.29, 1.82) is 0 Å². The van der Waals surface area contributed by atoms with Gasteiger partial charge < -0.3 is 4.52 Å². The minimum atomic E-state index is 0.406. The molecular weight excluding hydrogens is 304 g/mol. The number of hydrogen-bond donors (Lipinski definition) is 0. The first-order chi connectivity index (χ1) is 11.8. The molecule has 0 saturated carbocycles. The predicted octanol–water partition coefficient (Wildman–Crippen LogP) is 2.75. The number of benzene rings is 1. The van der Waals surface area contributed by atoms with Crippen LogP contribution in [0.3, 0.4) is 0 Å². The molecule has 118 valence electrons. The summed E-state index contributed by atoms with van der Waals surface area (Å²) >= 11 is 0. The van der Waals surface area contributed by atoms with E-state index in [1.807, 2.05) is 12.1 Å². The van der Waals surface area contributed by atoms with Crippen LogP contribution in [0.1, 0.15) is 11.1 Å². The van der Waals surface area contributed by atoms with Gasteiger partial charge in [0.15, 0.2) is 5.69 Å². The largest absolute Gasteiger partial charge is 0.333 e. The Labute approximate surface area is 138 Å². The Morgan fingerprint density at radius 3 is 2.79 bits per heavy atom. The Morgan fingerprint density at radius 1 is 1.12 bits per heavy atom. The van der Waals surface area contributed by atoms with Crippen LogP contribution >= 0.6 is 0 Å². The molecule has 0 saturated heterocycles. The molecule has 0 aliphatic heterocycles. The predicted molar refractivity (Wildman–Crippen MR) is 86.8 cm³/mol. The molecule has 0 unspecified atom stereocenters. The van der Waals surface area contributed by atoms with Crippen molar-refractivity contribution in [2.24, 2.45) is 0 Å². The lowest BCUT2D eigenvalue weighted by atomic mass is 10.1. The van der Waals surface area contributed by atoms with Crippen LogP contribution in [0.2, 0.25) is 0 Å². The SMILES string of the molecule is Cc1ccc(Cn2cc(-c3noc(-c4cccnc4)n3)nn2)cc1. The Kier molecular flexibility index (Phi) is 3.59. The lowest BCUT2D eigenvalue weighted by Gasteiger charge is -2.00. The van der Waals surface area contributed by atoms with E-state index in [1.54, 1.807) is 23.3 Å². The highest BCUT2D eigenvalue weighted by molar-refractivity contribution is 5.55. The van der Waals surface area contributed by atoms with Crippen LogP contribution < -0.4 is 0 Å². The summed E-state index contributed by atoms with van der Waals surface area (Å²) in [7, 11) is 0. The van der Waals surface area contributed by atoms with E-state index in [9.17, 15) is 0 Å². The van der Waals surface area contributed by atoms with Gasteiger partial charge in [-0.15, -0.1) is 5.10 Å². The number of hydrogen-bond acceptors (Lipinski definition) is 6. The van der Waals surface area contributed by atoms with Crippen molar-refractivity contribution in [3.05, 3.63) is 66.1 Å². The fraction of sp³-hybridized carbons (Fsp3) is 0.118. The van der Waals surface area contributed by atoms with Gasteiger partial charge in [-0.2, -0.15) is 4.98 Å². The monoisotopic (exact) mass is 318 g/mol. The maximum absolute atomic E-state index is 5.27. The summed E-state index contributed by atoms with van der Waals surface area (Å²) in [6.07, 6.45) is 5.17. The minimum absolute atomic E-state index is 0.406. The quantitative estimate of drug-likeness (QED) is 0.575. The molecule has 0 spiro atoms. The second-order valence-corrected chi connectivity index (χ2v) is 5.45. The highest BCUT2D eigenvalue weighted by Crippen LogP contribution is 2.19. The van der Waals surface area contributed by atoms with Gasteiger partial charge in [-0.25, -0.2) is 4.68 Å². The second kappa shape index (κ2) is 6.04. The summed E-state index contributed by atoms with van der Waals surface area (Å²) < 4.78 is 7.02. The van der Waals surface area contributed by atoms with E-state index in [2.05, 4.69) is 56.6 Å². The molecule has 0 amide bonds. The molecule has 4 rings (SSSR count). The Hall–Kier alpha value is -3.35. The molecule has 7 heteroatoms. The first-order valence-corrected chi connectivity index (χ1v) is 7.48. The van der Waals surface area contributed by atoms with E-state index < -0.39 is 0 Å². The van der Waals surface area contributed by atoms with E-state index in [0.29, 0.717) is 24.0 Å². The molecule has 0 N–H and O–H groups in total. The molecule has 0 atom stereocenters. The molecule has 7 nitrogen and oxygen atoms in total. The fourth-order valence-corrected chi connectivity index (χ4v) is 2.29. The highest BCUT2D eigenvalue weighted by Gasteiger charge is 2.13. The lowest BCUT2D eigenvalue weighted by molar-refractivity contribution is 0.432. The van der Waals surface area contributed by atoms with E-state index in [0.717, 1.165) is 11.1 Å². The van der Waals surface area contributed by atoms with Gasteiger partial charge in [-0.1, -0.05) is 40.2 Å². The van der Waals surface area contributed by atoms with Crippen molar-refractivity contribution >= 4 is 0 Å². The second-order valence-electron chi connectivity index (χ2n) is 5.45. The van der Waals surface area contributed by atoms with Crippen LogP contribution in [0.4, 0.5) is 0 Å². The van der Waals surface area contributed by atoms with E-state index in [-0.39, 0.29) is 0 Å². The third-order valence-corrected chi connectivity index (χ3v) is 3.57. The Bertz CT molecular complexity index is 943. The number of aromatic nitrogens is 6. The van der Waals surface area contributed by atoms with Crippen LogP contribution in [-0.4, -0.2) is 30.1 Å². The van der Waals surface area contributed by atoms with Gasteiger partial charge in [-0.05, 0) is 24.6 Å². The molecule has 0 aliphatic carbocycles. The first kappa shape index (κ1) is 14.3. The summed E-state index contributed by atoms with van der Waals surface area (Å²) in [6, 6.07) is 12.0. The van der Waals surface area contributed by atoms with Gasteiger partial charge in [0.05, 0.1) is 18.3 Å². The molecule has 24 heavy (non-hydrogen) atoms. The van der Waals surface area contributed by atoms with Crippen LogP contribution in [0.25, 0.3) is 23.0 Å². The third-order valence-electron chi connectivity index (χ3n) is 3.57. The molecule has 0 radical (unpaired) electrons. The van der Waals surface area contributed by atoms with Gasteiger partial charge in [0, 0.05) is 12.4 Å². The molecular formula is C17H14N6O. The summed E-state index contributed by atoms with van der Waals surface area (Å²) in [6.45, 7) is 2.70. The lowest BCUT2D eigenvalue weighted by Crippen LogP contribution is -2.00. The summed E-state index contributed by atoms with van der Waals surface area (Å²) in [5, 5.41) is 12.2. The fourth-order valence-electron chi connectivity index (χ4n) is 2.29. The van der Waals surface area contributed by atoms with Gasteiger partial charge in [-0.3, -0.25) is 4.98 Å². The molecule has 3 aromatic heterocycles. The summed E-state index contributed by atoms with van der Waals surface area (Å²) in [5.74, 6) is 0.815. The zero-order valence-corrected chi connectivity index (χ0v) is 13.0.